The lowest BCUT2D eigenvalue weighted by molar-refractivity contribution is -0.126. The highest BCUT2D eigenvalue weighted by atomic mass is 19.1. The minimum absolute atomic E-state index is 0.225. The van der Waals surface area contributed by atoms with Crippen molar-refractivity contribution < 1.29 is 13.6 Å². The van der Waals surface area contributed by atoms with Crippen LogP contribution in [-0.4, -0.2) is 32.6 Å². The van der Waals surface area contributed by atoms with Gasteiger partial charge in [0.25, 0.3) is 0 Å². The largest absolute Gasteiger partial charge is 0.335 e. The van der Waals surface area contributed by atoms with Gasteiger partial charge in [0.2, 0.25) is 5.91 Å². The van der Waals surface area contributed by atoms with E-state index in [2.05, 4.69) is 10.1 Å². The summed E-state index contributed by atoms with van der Waals surface area (Å²) in [6.45, 7) is 1.87. The molecule has 0 saturated carbocycles. The number of nitrogens with zero attached hydrogens (tertiary/aromatic N) is 4. The second-order valence-corrected chi connectivity index (χ2v) is 6.03. The zero-order valence-corrected chi connectivity index (χ0v) is 14.9. The fourth-order valence-corrected chi connectivity index (χ4v) is 2.60. The number of rotatable bonds is 5. The first-order chi connectivity index (χ1) is 13.0. The van der Waals surface area contributed by atoms with Crippen molar-refractivity contribution in [3.05, 3.63) is 84.0 Å². The molecule has 7 heteroatoms. The van der Waals surface area contributed by atoms with E-state index in [-0.39, 0.29) is 17.5 Å². The highest BCUT2D eigenvalue weighted by molar-refractivity contribution is 5.92. The minimum atomic E-state index is -0.710. The Morgan fingerprint density at radius 2 is 1.81 bits per heavy atom. The van der Waals surface area contributed by atoms with Gasteiger partial charge in [-0.3, -0.25) is 4.79 Å². The van der Waals surface area contributed by atoms with E-state index in [1.807, 2.05) is 31.2 Å². The monoisotopic (exact) mass is 368 g/mol. The maximum atomic E-state index is 13.7. The molecular weight excluding hydrogens is 350 g/mol. The quantitative estimate of drug-likeness (QED) is 0.644. The highest BCUT2D eigenvalue weighted by Crippen LogP contribution is 2.21. The molecule has 0 aliphatic rings. The Morgan fingerprint density at radius 3 is 2.41 bits per heavy atom. The molecule has 0 spiro atoms. The van der Waals surface area contributed by atoms with Gasteiger partial charge in [-0.15, -0.1) is 0 Å². The van der Waals surface area contributed by atoms with Crippen LogP contribution in [0.25, 0.3) is 11.8 Å². The molecule has 1 heterocycles. The molecule has 0 aliphatic heterocycles. The average Bonchev–Trinajstić information content (AvgIpc) is 3.21. The number of hydrogen-bond donors (Lipinski definition) is 0. The molecule has 138 valence electrons. The van der Waals surface area contributed by atoms with Crippen LogP contribution >= 0.6 is 0 Å². The molecule has 0 radical (unpaired) electrons. The summed E-state index contributed by atoms with van der Waals surface area (Å²) in [5.41, 5.74) is 1.54. The fourth-order valence-electron chi connectivity index (χ4n) is 2.60. The Labute approximate surface area is 155 Å². The molecule has 5 nitrogen and oxygen atoms in total. The lowest BCUT2D eigenvalue weighted by atomic mass is 10.1. The van der Waals surface area contributed by atoms with Gasteiger partial charge in [-0.1, -0.05) is 18.2 Å². The summed E-state index contributed by atoms with van der Waals surface area (Å²) in [5.74, 6) is -1.78. The zero-order chi connectivity index (χ0) is 19.4. The molecule has 3 aromatic rings. The summed E-state index contributed by atoms with van der Waals surface area (Å²) in [6.07, 6.45) is 5.38. The Morgan fingerprint density at radius 1 is 1.15 bits per heavy atom. The first-order valence-electron chi connectivity index (χ1n) is 8.31. The molecular formula is C20H18F2N4O. The van der Waals surface area contributed by atoms with Gasteiger partial charge in [0.05, 0.1) is 11.7 Å². The van der Waals surface area contributed by atoms with Crippen LogP contribution in [0.15, 0.2) is 61.2 Å². The van der Waals surface area contributed by atoms with Crippen molar-refractivity contribution in [3.63, 3.8) is 0 Å². The fraction of sp³-hybridized carbons (Fsp3) is 0.150. The van der Waals surface area contributed by atoms with E-state index in [0.717, 1.165) is 29.5 Å². The van der Waals surface area contributed by atoms with Gasteiger partial charge < -0.3 is 4.90 Å². The van der Waals surface area contributed by atoms with Crippen molar-refractivity contribution in [2.75, 3.05) is 7.05 Å². The van der Waals surface area contributed by atoms with E-state index >= 15 is 0 Å². The number of carbonyl (C=O) groups is 1. The van der Waals surface area contributed by atoms with Crippen molar-refractivity contribution in [2.45, 2.75) is 13.0 Å². The number of aromatic nitrogens is 3. The first kappa shape index (κ1) is 18.4. The summed E-state index contributed by atoms with van der Waals surface area (Å²) in [5, 5.41) is 4.06. The van der Waals surface area contributed by atoms with Crippen LogP contribution in [0.5, 0.6) is 0 Å². The van der Waals surface area contributed by atoms with Crippen LogP contribution in [-0.2, 0) is 4.79 Å². The number of likely N-dealkylation sites (N-methyl/N-ethyl adjacent to an activating group) is 1. The molecule has 1 atom stereocenters. The molecule has 0 bridgehead atoms. The molecule has 3 rings (SSSR count). The summed E-state index contributed by atoms with van der Waals surface area (Å²) >= 11 is 0. The van der Waals surface area contributed by atoms with Crippen LogP contribution in [0, 0.1) is 11.6 Å². The number of benzene rings is 2. The Bertz CT molecular complexity index is 932. The third kappa shape index (κ3) is 4.08. The maximum Gasteiger partial charge on any atom is 0.246 e. The van der Waals surface area contributed by atoms with E-state index in [1.165, 1.54) is 23.4 Å². The number of carbonyl (C=O) groups excluding carboxylic acids is 1. The number of hydrogen-bond acceptors (Lipinski definition) is 3. The summed E-state index contributed by atoms with van der Waals surface area (Å²) in [6, 6.07) is 10.9. The van der Waals surface area contributed by atoms with Gasteiger partial charge in [0, 0.05) is 18.7 Å². The van der Waals surface area contributed by atoms with Crippen LogP contribution in [0.2, 0.25) is 0 Å². The molecule has 0 N–H and O–H groups in total. The minimum Gasteiger partial charge on any atom is -0.335 e. The highest BCUT2D eigenvalue weighted by Gasteiger charge is 2.16. The lowest BCUT2D eigenvalue weighted by Gasteiger charge is -2.24. The topological polar surface area (TPSA) is 51.0 Å². The molecule has 0 aliphatic carbocycles. The SMILES string of the molecule is CC(c1ccc(-n2cncn2)cc1)N(C)C(=O)/C=C/c1c(F)cccc1F. The van der Waals surface area contributed by atoms with Crippen molar-refractivity contribution in [3.8, 4) is 5.69 Å². The molecule has 1 unspecified atom stereocenters. The summed E-state index contributed by atoms with van der Waals surface area (Å²) in [7, 11) is 1.64. The normalized spacial score (nSPS) is 12.3. The maximum absolute atomic E-state index is 13.7. The number of halogens is 2. The molecule has 27 heavy (non-hydrogen) atoms. The molecule has 2 aromatic carbocycles. The van der Waals surface area contributed by atoms with E-state index in [1.54, 1.807) is 18.1 Å². The van der Waals surface area contributed by atoms with Crippen molar-refractivity contribution >= 4 is 12.0 Å². The van der Waals surface area contributed by atoms with Crippen molar-refractivity contribution in [1.82, 2.24) is 19.7 Å². The average molecular weight is 368 g/mol. The van der Waals surface area contributed by atoms with Crippen molar-refractivity contribution in [1.29, 1.82) is 0 Å². The van der Waals surface area contributed by atoms with Gasteiger partial charge >= 0.3 is 0 Å². The van der Waals surface area contributed by atoms with Gasteiger partial charge in [0.1, 0.15) is 24.3 Å². The van der Waals surface area contributed by atoms with E-state index < -0.39 is 11.6 Å². The van der Waals surface area contributed by atoms with Crippen molar-refractivity contribution in [2.24, 2.45) is 0 Å². The van der Waals surface area contributed by atoms with Gasteiger partial charge in [-0.2, -0.15) is 5.10 Å². The predicted molar refractivity (Wildman–Crippen MR) is 97.9 cm³/mol. The van der Waals surface area contributed by atoms with Crippen LogP contribution in [0.4, 0.5) is 8.78 Å². The summed E-state index contributed by atoms with van der Waals surface area (Å²) < 4.78 is 28.9. The van der Waals surface area contributed by atoms with E-state index in [0.29, 0.717) is 0 Å². The Hall–Kier alpha value is -3.35. The van der Waals surface area contributed by atoms with Gasteiger partial charge in [-0.05, 0) is 42.8 Å². The zero-order valence-electron chi connectivity index (χ0n) is 14.9. The number of amides is 1. The Kier molecular flexibility index (Phi) is 5.40. The van der Waals surface area contributed by atoms with Crippen LogP contribution < -0.4 is 0 Å². The van der Waals surface area contributed by atoms with E-state index in [4.69, 9.17) is 0 Å². The van der Waals surface area contributed by atoms with Crippen LogP contribution in [0.3, 0.4) is 0 Å². The lowest BCUT2D eigenvalue weighted by Crippen LogP contribution is -2.28. The molecule has 0 fully saturated rings. The summed E-state index contributed by atoms with van der Waals surface area (Å²) in [4.78, 5) is 17.8. The smallest absolute Gasteiger partial charge is 0.246 e. The molecule has 1 aromatic heterocycles. The Balaban J connectivity index is 1.72. The predicted octanol–water partition coefficient (Wildman–Crippen LogP) is 3.78. The third-order valence-electron chi connectivity index (χ3n) is 4.38. The van der Waals surface area contributed by atoms with Crippen LogP contribution in [0.1, 0.15) is 24.1 Å². The van der Waals surface area contributed by atoms with E-state index in [9.17, 15) is 13.6 Å². The standard InChI is InChI=1S/C20H18F2N4O/c1-14(15-6-8-16(9-7-15)26-13-23-12-24-26)25(2)20(27)11-10-17-18(21)4-3-5-19(17)22/h3-14H,1-2H3/b11-10+. The van der Waals surface area contributed by atoms with Gasteiger partial charge in [-0.25, -0.2) is 18.4 Å². The van der Waals surface area contributed by atoms with Gasteiger partial charge in [0.15, 0.2) is 0 Å². The molecule has 0 saturated heterocycles. The second kappa shape index (κ2) is 7.90. The second-order valence-electron chi connectivity index (χ2n) is 6.03. The molecule has 1 amide bonds. The first-order valence-corrected chi connectivity index (χ1v) is 8.31. The third-order valence-corrected chi connectivity index (χ3v) is 4.38.